The molecule has 0 aliphatic heterocycles. The highest BCUT2D eigenvalue weighted by atomic mass is 16.1. The first-order chi connectivity index (χ1) is 5.15. The van der Waals surface area contributed by atoms with Crippen LogP contribution in [-0.4, -0.2) is 15.6 Å². The Hall–Kier alpha value is -1.12. The molecule has 3 heteroatoms. The molecule has 1 heterocycles. The van der Waals surface area contributed by atoms with Crippen LogP contribution in [0.15, 0.2) is 6.07 Å². The summed E-state index contributed by atoms with van der Waals surface area (Å²) >= 11 is 0. The van der Waals surface area contributed by atoms with Crippen molar-refractivity contribution in [2.45, 2.75) is 20.3 Å². The fourth-order valence-electron chi connectivity index (χ4n) is 1.01. The van der Waals surface area contributed by atoms with Crippen molar-refractivity contribution in [1.82, 2.24) is 9.78 Å². The van der Waals surface area contributed by atoms with Gasteiger partial charge in [-0.3, -0.25) is 9.48 Å². The first-order valence-corrected chi connectivity index (χ1v) is 3.69. The zero-order valence-electron chi connectivity index (χ0n) is 7.09. The summed E-state index contributed by atoms with van der Waals surface area (Å²) in [4.78, 5) is 10.9. The Labute approximate surface area is 66.0 Å². The second-order valence-electron chi connectivity index (χ2n) is 2.55. The molecule has 0 spiro atoms. The summed E-state index contributed by atoms with van der Waals surface area (Å²) in [7, 11) is 1.85. The highest BCUT2D eigenvalue weighted by molar-refractivity contribution is 5.92. The van der Waals surface area contributed by atoms with Gasteiger partial charge in [0.15, 0.2) is 5.78 Å². The van der Waals surface area contributed by atoms with E-state index in [0.717, 1.165) is 12.1 Å². The normalized spacial score (nSPS) is 10.1. The fourth-order valence-corrected chi connectivity index (χ4v) is 1.01. The lowest BCUT2D eigenvalue weighted by Gasteiger charge is -1.92. The molecule has 0 atom stereocenters. The number of rotatable bonds is 2. The predicted octanol–water partition coefficient (Wildman–Crippen LogP) is 1.19. The maximum Gasteiger partial charge on any atom is 0.179 e. The van der Waals surface area contributed by atoms with E-state index in [4.69, 9.17) is 0 Å². The number of aryl methyl sites for hydroxylation is 2. The maximum absolute atomic E-state index is 10.9. The molecule has 60 valence electrons. The Morgan fingerprint density at radius 3 is 2.64 bits per heavy atom. The lowest BCUT2D eigenvalue weighted by Crippen LogP contribution is -1.97. The van der Waals surface area contributed by atoms with Crippen LogP contribution in [0.3, 0.4) is 0 Å². The number of carbonyl (C=O) groups excluding carboxylic acids is 1. The Kier molecular flexibility index (Phi) is 2.08. The van der Waals surface area contributed by atoms with Crippen LogP contribution in [0.2, 0.25) is 0 Å². The lowest BCUT2D eigenvalue weighted by atomic mass is 10.2. The highest BCUT2D eigenvalue weighted by Crippen LogP contribution is 2.03. The largest absolute Gasteiger partial charge is 0.293 e. The average molecular weight is 152 g/mol. The van der Waals surface area contributed by atoms with Crippen LogP contribution in [0.5, 0.6) is 0 Å². The molecule has 0 radical (unpaired) electrons. The monoisotopic (exact) mass is 152 g/mol. The van der Waals surface area contributed by atoms with Gasteiger partial charge < -0.3 is 0 Å². The maximum atomic E-state index is 10.9. The third-order valence-electron chi connectivity index (χ3n) is 1.70. The minimum atomic E-state index is 0.0281. The number of nitrogens with zero attached hydrogens (tertiary/aromatic N) is 2. The molecule has 0 amide bonds. The van der Waals surface area contributed by atoms with E-state index in [1.165, 1.54) is 6.92 Å². The van der Waals surface area contributed by atoms with Crippen LogP contribution >= 0.6 is 0 Å². The Bertz CT molecular complexity index is 276. The van der Waals surface area contributed by atoms with Crippen LogP contribution in [-0.2, 0) is 13.5 Å². The van der Waals surface area contributed by atoms with Crippen molar-refractivity contribution in [2.75, 3.05) is 0 Å². The van der Waals surface area contributed by atoms with Crippen LogP contribution in [0, 0.1) is 0 Å². The van der Waals surface area contributed by atoms with Crippen molar-refractivity contribution in [1.29, 1.82) is 0 Å². The first-order valence-electron chi connectivity index (χ1n) is 3.69. The van der Waals surface area contributed by atoms with Gasteiger partial charge in [-0.2, -0.15) is 5.10 Å². The van der Waals surface area contributed by atoms with Crippen LogP contribution < -0.4 is 0 Å². The number of hydrogen-bond acceptors (Lipinski definition) is 2. The van der Waals surface area contributed by atoms with E-state index in [1.807, 2.05) is 20.0 Å². The molecule has 3 nitrogen and oxygen atoms in total. The molecule has 0 aliphatic carbocycles. The van der Waals surface area contributed by atoms with E-state index in [9.17, 15) is 4.79 Å². The summed E-state index contributed by atoms with van der Waals surface area (Å²) in [6.07, 6.45) is 0.913. The van der Waals surface area contributed by atoms with Gasteiger partial charge in [-0.1, -0.05) is 6.92 Å². The van der Waals surface area contributed by atoms with E-state index in [2.05, 4.69) is 5.10 Å². The topological polar surface area (TPSA) is 34.9 Å². The van der Waals surface area contributed by atoms with E-state index < -0.39 is 0 Å². The molecule has 0 N–H and O–H groups in total. The molecule has 0 saturated carbocycles. The molecular formula is C8H12N2O. The number of aromatic nitrogens is 2. The summed E-state index contributed by atoms with van der Waals surface area (Å²) in [5.74, 6) is 0.0281. The molecular weight excluding hydrogens is 140 g/mol. The van der Waals surface area contributed by atoms with E-state index in [0.29, 0.717) is 5.69 Å². The minimum absolute atomic E-state index is 0.0281. The van der Waals surface area contributed by atoms with E-state index in [1.54, 1.807) is 4.68 Å². The standard InChI is InChI=1S/C8H12N2O/c1-4-7-5-8(6(2)11)9-10(7)3/h5H,4H2,1-3H3. The lowest BCUT2D eigenvalue weighted by molar-refractivity contribution is 0.101. The van der Waals surface area contributed by atoms with Crippen molar-refractivity contribution in [3.8, 4) is 0 Å². The quantitative estimate of drug-likeness (QED) is 0.596. The highest BCUT2D eigenvalue weighted by Gasteiger charge is 2.05. The molecule has 0 aromatic carbocycles. The van der Waals surface area contributed by atoms with Crippen LogP contribution in [0.4, 0.5) is 0 Å². The van der Waals surface area contributed by atoms with Crippen molar-refractivity contribution in [3.05, 3.63) is 17.5 Å². The minimum Gasteiger partial charge on any atom is -0.293 e. The van der Waals surface area contributed by atoms with E-state index >= 15 is 0 Å². The van der Waals surface area contributed by atoms with Crippen molar-refractivity contribution in [3.63, 3.8) is 0 Å². The summed E-state index contributed by atoms with van der Waals surface area (Å²) in [5.41, 5.74) is 1.65. The third kappa shape index (κ3) is 1.48. The van der Waals surface area contributed by atoms with Gasteiger partial charge >= 0.3 is 0 Å². The Morgan fingerprint density at radius 1 is 1.73 bits per heavy atom. The zero-order valence-corrected chi connectivity index (χ0v) is 7.09. The summed E-state index contributed by atoms with van der Waals surface area (Å²) < 4.78 is 1.75. The number of carbonyl (C=O) groups is 1. The van der Waals surface area contributed by atoms with Gasteiger partial charge in [0.1, 0.15) is 5.69 Å². The van der Waals surface area contributed by atoms with Crippen molar-refractivity contribution >= 4 is 5.78 Å². The molecule has 1 rings (SSSR count). The van der Waals surface area contributed by atoms with Gasteiger partial charge in [-0.05, 0) is 12.5 Å². The Morgan fingerprint density at radius 2 is 2.36 bits per heavy atom. The van der Waals surface area contributed by atoms with Gasteiger partial charge in [0.25, 0.3) is 0 Å². The van der Waals surface area contributed by atoms with Gasteiger partial charge in [-0.15, -0.1) is 0 Å². The molecule has 11 heavy (non-hydrogen) atoms. The van der Waals surface area contributed by atoms with Crippen LogP contribution in [0.1, 0.15) is 30.0 Å². The van der Waals surface area contributed by atoms with E-state index in [-0.39, 0.29) is 5.78 Å². The molecule has 0 unspecified atom stereocenters. The zero-order chi connectivity index (χ0) is 8.43. The number of ketones is 1. The second-order valence-corrected chi connectivity index (χ2v) is 2.55. The first kappa shape index (κ1) is 7.98. The summed E-state index contributed by atoms with van der Waals surface area (Å²) in [6.45, 7) is 3.57. The smallest absolute Gasteiger partial charge is 0.179 e. The molecule has 1 aromatic rings. The molecule has 0 fully saturated rings. The van der Waals surface area contributed by atoms with Gasteiger partial charge in [-0.25, -0.2) is 0 Å². The number of Topliss-reactive ketones (excluding diaryl/α,β-unsaturated/α-hetero) is 1. The second kappa shape index (κ2) is 2.86. The van der Waals surface area contributed by atoms with Crippen molar-refractivity contribution in [2.24, 2.45) is 7.05 Å². The number of hydrogen-bond donors (Lipinski definition) is 0. The molecule has 0 bridgehead atoms. The fraction of sp³-hybridized carbons (Fsp3) is 0.500. The van der Waals surface area contributed by atoms with Gasteiger partial charge in [0, 0.05) is 19.7 Å². The summed E-state index contributed by atoms with van der Waals surface area (Å²) in [5, 5.41) is 4.05. The molecule has 1 aromatic heterocycles. The summed E-state index contributed by atoms with van der Waals surface area (Å²) in [6, 6.07) is 1.84. The SMILES string of the molecule is CCc1cc(C(C)=O)nn1C. The third-order valence-corrected chi connectivity index (χ3v) is 1.70. The molecule has 0 aliphatic rings. The Balaban J connectivity index is 3.05. The van der Waals surface area contributed by atoms with Gasteiger partial charge in [0.2, 0.25) is 0 Å². The van der Waals surface area contributed by atoms with Gasteiger partial charge in [0.05, 0.1) is 0 Å². The predicted molar refractivity (Wildman–Crippen MR) is 42.6 cm³/mol. The van der Waals surface area contributed by atoms with Crippen molar-refractivity contribution < 1.29 is 4.79 Å². The van der Waals surface area contributed by atoms with Crippen LogP contribution in [0.25, 0.3) is 0 Å². The average Bonchev–Trinajstić information content (AvgIpc) is 2.31. The molecule has 0 saturated heterocycles.